The van der Waals surface area contributed by atoms with Gasteiger partial charge >= 0.3 is 0 Å². The monoisotopic (exact) mass is 386 g/mol. The number of ether oxygens (including phenoxy) is 1. The fourth-order valence-electron chi connectivity index (χ4n) is 2.95. The molecular formula is C22H30N2O4. The van der Waals surface area contributed by atoms with Crippen LogP contribution in [0.15, 0.2) is 53.1 Å². The number of benzene rings is 1. The number of amides is 2. The molecule has 0 aliphatic heterocycles. The molecule has 0 radical (unpaired) electrons. The van der Waals surface area contributed by atoms with Gasteiger partial charge in [0.05, 0.1) is 19.4 Å². The predicted molar refractivity (Wildman–Crippen MR) is 107 cm³/mol. The summed E-state index contributed by atoms with van der Waals surface area (Å²) in [5.74, 6) is 0.627. The fourth-order valence-corrected chi connectivity index (χ4v) is 2.95. The van der Waals surface area contributed by atoms with Gasteiger partial charge < -0.3 is 19.0 Å². The third kappa shape index (κ3) is 7.19. The van der Waals surface area contributed by atoms with Gasteiger partial charge in [-0.1, -0.05) is 37.3 Å². The SMILES string of the molecule is CCCC(=O)N(CCCOC)CC(=O)N(Cc1ccccc1)Cc1ccco1. The van der Waals surface area contributed by atoms with Crippen molar-refractivity contribution in [2.75, 3.05) is 26.8 Å². The summed E-state index contributed by atoms with van der Waals surface area (Å²) in [6, 6.07) is 13.5. The van der Waals surface area contributed by atoms with Crippen LogP contribution in [0.4, 0.5) is 0 Å². The molecule has 28 heavy (non-hydrogen) atoms. The van der Waals surface area contributed by atoms with Crippen LogP contribution in [0.5, 0.6) is 0 Å². The van der Waals surface area contributed by atoms with E-state index in [0.29, 0.717) is 39.1 Å². The molecular weight excluding hydrogens is 356 g/mol. The van der Waals surface area contributed by atoms with E-state index < -0.39 is 0 Å². The largest absolute Gasteiger partial charge is 0.467 e. The Morgan fingerprint density at radius 1 is 1.00 bits per heavy atom. The van der Waals surface area contributed by atoms with E-state index >= 15 is 0 Å². The molecule has 0 saturated carbocycles. The zero-order chi connectivity index (χ0) is 20.2. The molecule has 2 aromatic rings. The van der Waals surface area contributed by atoms with Crippen molar-refractivity contribution in [2.24, 2.45) is 0 Å². The van der Waals surface area contributed by atoms with Crippen molar-refractivity contribution in [1.82, 2.24) is 9.80 Å². The lowest BCUT2D eigenvalue weighted by atomic mass is 10.2. The van der Waals surface area contributed by atoms with E-state index in [1.807, 2.05) is 49.4 Å². The zero-order valence-electron chi connectivity index (χ0n) is 16.8. The maximum Gasteiger partial charge on any atom is 0.242 e. The highest BCUT2D eigenvalue weighted by Gasteiger charge is 2.22. The minimum atomic E-state index is -0.0953. The van der Waals surface area contributed by atoms with Crippen LogP contribution in [0, 0.1) is 0 Å². The lowest BCUT2D eigenvalue weighted by Gasteiger charge is -2.27. The molecule has 6 heteroatoms. The van der Waals surface area contributed by atoms with Crippen molar-refractivity contribution in [3.63, 3.8) is 0 Å². The van der Waals surface area contributed by atoms with E-state index in [9.17, 15) is 9.59 Å². The van der Waals surface area contributed by atoms with Crippen molar-refractivity contribution in [3.05, 3.63) is 60.1 Å². The summed E-state index contributed by atoms with van der Waals surface area (Å²) >= 11 is 0. The van der Waals surface area contributed by atoms with Gasteiger partial charge in [-0.25, -0.2) is 0 Å². The Labute approximate surface area is 167 Å². The quantitative estimate of drug-likeness (QED) is 0.524. The van der Waals surface area contributed by atoms with Crippen LogP contribution in [-0.2, 0) is 27.4 Å². The van der Waals surface area contributed by atoms with Gasteiger partial charge in [-0.15, -0.1) is 0 Å². The average Bonchev–Trinajstić information content (AvgIpc) is 3.21. The highest BCUT2D eigenvalue weighted by atomic mass is 16.5. The van der Waals surface area contributed by atoms with Crippen LogP contribution in [0.3, 0.4) is 0 Å². The summed E-state index contributed by atoms with van der Waals surface area (Å²) in [4.78, 5) is 28.9. The average molecular weight is 386 g/mol. The topological polar surface area (TPSA) is 63.0 Å². The maximum absolute atomic E-state index is 13.1. The van der Waals surface area contributed by atoms with Crippen molar-refractivity contribution in [3.8, 4) is 0 Å². The molecule has 0 N–H and O–H groups in total. The predicted octanol–water partition coefficient (Wildman–Crippen LogP) is 3.47. The summed E-state index contributed by atoms with van der Waals surface area (Å²) in [5.41, 5.74) is 1.04. The molecule has 0 fully saturated rings. The minimum absolute atomic E-state index is 0.00427. The number of carbonyl (C=O) groups excluding carboxylic acids is 2. The number of furan rings is 1. The number of carbonyl (C=O) groups is 2. The molecule has 0 bridgehead atoms. The van der Waals surface area contributed by atoms with Crippen molar-refractivity contribution < 1.29 is 18.7 Å². The second-order valence-corrected chi connectivity index (χ2v) is 6.73. The third-order valence-corrected chi connectivity index (χ3v) is 4.41. The first-order chi connectivity index (χ1) is 13.6. The summed E-state index contributed by atoms with van der Waals surface area (Å²) in [7, 11) is 1.63. The van der Waals surface area contributed by atoms with Gasteiger partial charge in [-0.3, -0.25) is 9.59 Å². The molecule has 2 amide bonds. The van der Waals surface area contributed by atoms with Gasteiger partial charge in [0.1, 0.15) is 5.76 Å². The molecule has 1 aromatic heterocycles. The van der Waals surface area contributed by atoms with Crippen molar-refractivity contribution >= 4 is 11.8 Å². The molecule has 2 rings (SSSR count). The van der Waals surface area contributed by atoms with Crippen LogP contribution in [-0.4, -0.2) is 48.4 Å². The molecule has 0 atom stereocenters. The summed E-state index contributed by atoms with van der Waals surface area (Å²) < 4.78 is 10.5. The molecule has 6 nitrogen and oxygen atoms in total. The Morgan fingerprint density at radius 2 is 1.79 bits per heavy atom. The first-order valence-electron chi connectivity index (χ1n) is 9.74. The van der Waals surface area contributed by atoms with Gasteiger partial charge in [-0.05, 0) is 30.5 Å². The maximum atomic E-state index is 13.1. The lowest BCUT2D eigenvalue weighted by molar-refractivity contribution is -0.141. The first kappa shape index (κ1) is 21.7. The molecule has 152 valence electrons. The van der Waals surface area contributed by atoms with Crippen molar-refractivity contribution in [2.45, 2.75) is 39.3 Å². The van der Waals surface area contributed by atoms with E-state index in [2.05, 4.69) is 0 Å². The van der Waals surface area contributed by atoms with Crippen LogP contribution in [0.25, 0.3) is 0 Å². The van der Waals surface area contributed by atoms with Gasteiger partial charge in [0.25, 0.3) is 0 Å². The highest BCUT2D eigenvalue weighted by molar-refractivity contribution is 5.84. The van der Waals surface area contributed by atoms with Crippen LogP contribution in [0.1, 0.15) is 37.5 Å². The van der Waals surface area contributed by atoms with Gasteiger partial charge in [-0.2, -0.15) is 0 Å². The van der Waals surface area contributed by atoms with E-state index in [1.54, 1.807) is 23.2 Å². The Kier molecular flexibility index (Phi) is 9.28. The Balaban J connectivity index is 2.09. The third-order valence-electron chi connectivity index (χ3n) is 4.41. The van der Waals surface area contributed by atoms with Crippen LogP contribution >= 0.6 is 0 Å². The van der Waals surface area contributed by atoms with Crippen LogP contribution in [0.2, 0.25) is 0 Å². The molecule has 0 unspecified atom stereocenters. The van der Waals surface area contributed by atoms with E-state index in [0.717, 1.165) is 17.7 Å². The second kappa shape index (κ2) is 12.0. The molecule has 0 aliphatic rings. The normalized spacial score (nSPS) is 10.6. The molecule has 1 heterocycles. The van der Waals surface area contributed by atoms with Crippen molar-refractivity contribution in [1.29, 1.82) is 0 Å². The molecule has 0 aliphatic carbocycles. The fraction of sp³-hybridized carbons (Fsp3) is 0.455. The van der Waals surface area contributed by atoms with Gasteiger partial charge in [0.15, 0.2) is 0 Å². The van der Waals surface area contributed by atoms with Gasteiger partial charge in [0.2, 0.25) is 11.8 Å². The van der Waals surface area contributed by atoms with E-state index in [-0.39, 0.29) is 18.4 Å². The first-order valence-corrected chi connectivity index (χ1v) is 9.74. The Morgan fingerprint density at radius 3 is 2.43 bits per heavy atom. The summed E-state index contributed by atoms with van der Waals surface area (Å²) in [6.07, 6.45) is 3.50. The number of methoxy groups -OCH3 is 1. The standard InChI is InChI=1S/C22H30N2O4/c1-3-9-21(25)23(13-8-14-27-2)18-22(26)24(17-20-12-7-15-28-20)16-19-10-5-4-6-11-19/h4-7,10-12,15H,3,8-9,13-14,16-18H2,1-2H3. The molecule has 0 saturated heterocycles. The lowest BCUT2D eigenvalue weighted by Crippen LogP contribution is -2.43. The van der Waals surface area contributed by atoms with E-state index in [4.69, 9.17) is 9.15 Å². The zero-order valence-corrected chi connectivity index (χ0v) is 16.8. The minimum Gasteiger partial charge on any atom is -0.467 e. The summed E-state index contributed by atoms with van der Waals surface area (Å²) in [5, 5.41) is 0. The Hall–Kier alpha value is -2.60. The second-order valence-electron chi connectivity index (χ2n) is 6.73. The van der Waals surface area contributed by atoms with Gasteiger partial charge in [0, 0.05) is 33.2 Å². The number of rotatable bonds is 12. The smallest absolute Gasteiger partial charge is 0.242 e. The number of nitrogens with zero attached hydrogens (tertiary/aromatic N) is 2. The van der Waals surface area contributed by atoms with E-state index in [1.165, 1.54) is 0 Å². The number of hydrogen-bond acceptors (Lipinski definition) is 4. The molecule has 1 aromatic carbocycles. The summed E-state index contributed by atoms with van der Waals surface area (Å²) in [6.45, 7) is 3.94. The highest BCUT2D eigenvalue weighted by Crippen LogP contribution is 2.12. The number of hydrogen-bond donors (Lipinski definition) is 0. The molecule has 0 spiro atoms. The Bertz CT molecular complexity index is 701. The van der Waals surface area contributed by atoms with Crippen LogP contribution < -0.4 is 0 Å².